The van der Waals surface area contributed by atoms with Crippen LogP contribution in [0.4, 0.5) is 17.6 Å². The number of nitrogens with zero attached hydrogens (tertiary/aromatic N) is 6. The third-order valence-corrected chi connectivity index (χ3v) is 7.80. The van der Waals surface area contributed by atoms with Gasteiger partial charge in [0.15, 0.2) is 0 Å². The van der Waals surface area contributed by atoms with Crippen molar-refractivity contribution in [2.45, 2.75) is 50.5 Å². The van der Waals surface area contributed by atoms with Crippen LogP contribution in [0.3, 0.4) is 0 Å². The summed E-state index contributed by atoms with van der Waals surface area (Å²) in [4.78, 5) is 15.2. The van der Waals surface area contributed by atoms with Gasteiger partial charge in [-0.1, -0.05) is 18.6 Å². The molecule has 0 amide bonds. The Morgan fingerprint density at radius 3 is 2.53 bits per heavy atom. The lowest BCUT2D eigenvalue weighted by molar-refractivity contribution is -0.136. The molecule has 4 aromatic rings. The van der Waals surface area contributed by atoms with Crippen molar-refractivity contribution < 1.29 is 17.6 Å². The molecule has 1 aromatic carbocycles. The van der Waals surface area contributed by atoms with Crippen molar-refractivity contribution in [2.24, 2.45) is 13.0 Å². The Morgan fingerprint density at radius 2 is 1.92 bits per heavy atom. The molecule has 1 aliphatic carbocycles. The van der Waals surface area contributed by atoms with Crippen LogP contribution in [-0.4, -0.2) is 47.4 Å². The zero-order valence-electron chi connectivity index (χ0n) is 21.1. The van der Waals surface area contributed by atoms with E-state index in [0.717, 1.165) is 41.1 Å². The largest absolute Gasteiger partial charge is 0.418 e. The van der Waals surface area contributed by atoms with E-state index in [-0.39, 0.29) is 31.1 Å². The average molecular weight is 529 g/mol. The van der Waals surface area contributed by atoms with Crippen LogP contribution in [0.2, 0.25) is 0 Å². The monoisotopic (exact) mass is 528 g/mol. The molecule has 38 heavy (non-hydrogen) atoms. The molecule has 11 heteroatoms. The highest BCUT2D eigenvalue weighted by Gasteiger charge is 2.39. The molecule has 0 spiro atoms. The molecular formula is C27H28F4N6O. The number of aryl methyl sites for hydroxylation is 1. The van der Waals surface area contributed by atoms with E-state index >= 15 is 0 Å². The fraction of sp³-hybridized carbons (Fsp3) is 0.444. The van der Waals surface area contributed by atoms with Crippen LogP contribution >= 0.6 is 0 Å². The minimum Gasteiger partial charge on any atom is -0.320 e. The number of rotatable bonds is 6. The standard InChI is InChI=1S/C27H28F4N6O/c1-26(28)14-35(15-26)11-17-9-21(27(29,30)31)22-13-36(25(38)37(22)12-17)20-8-4-7-19(10-20)23(18-5-3-6-18)24-33-32-16-34(24)2/h4,7-10,12-13,16,18,23H,3,5-6,11,14-15H2,1-2H3/t23-/m1/s1. The molecule has 1 saturated carbocycles. The third kappa shape index (κ3) is 4.32. The van der Waals surface area contributed by atoms with E-state index in [2.05, 4.69) is 10.2 Å². The first-order chi connectivity index (χ1) is 18.0. The minimum atomic E-state index is -4.66. The topological polar surface area (TPSA) is 60.4 Å². The lowest BCUT2D eigenvalue weighted by atomic mass is 9.72. The molecule has 7 nitrogen and oxygen atoms in total. The molecule has 2 fully saturated rings. The Labute approximate surface area is 216 Å². The Bertz CT molecular complexity index is 1550. The molecule has 6 rings (SSSR count). The summed E-state index contributed by atoms with van der Waals surface area (Å²) in [6.45, 7) is 1.88. The maximum atomic E-state index is 14.1. The normalized spacial score (nSPS) is 18.9. The summed E-state index contributed by atoms with van der Waals surface area (Å²) in [5, 5.41) is 8.37. The first-order valence-corrected chi connectivity index (χ1v) is 12.7. The zero-order chi connectivity index (χ0) is 26.8. The van der Waals surface area contributed by atoms with Gasteiger partial charge < -0.3 is 4.57 Å². The number of pyridine rings is 1. The van der Waals surface area contributed by atoms with Crippen LogP contribution < -0.4 is 5.69 Å². The van der Waals surface area contributed by atoms with Crippen molar-refractivity contribution in [1.82, 2.24) is 28.6 Å². The van der Waals surface area contributed by atoms with Crippen molar-refractivity contribution in [3.63, 3.8) is 0 Å². The number of aromatic nitrogens is 5. The van der Waals surface area contributed by atoms with E-state index < -0.39 is 23.1 Å². The van der Waals surface area contributed by atoms with E-state index in [1.54, 1.807) is 17.3 Å². The van der Waals surface area contributed by atoms with Crippen LogP contribution in [0.15, 0.2) is 53.8 Å². The number of fused-ring (bicyclic) bond motifs is 1. The van der Waals surface area contributed by atoms with Gasteiger partial charge in [-0.05, 0) is 55.0 Å². The summed E-state index contributed by atoms with van der Waals surface area (Å²) in [7, 11) is 1.89. The zero-order valence-corrected chi connectivity index (χ0v) is 21.1. The number of hydrogen-bond acceptors (Lipinski definition) is 4. The summed E-state index contributed by atoms with van der Waals surface area (Å²) in [6, 6.07) is 8.41. The van der Waals surface area contributed by atoms with Crippen molar-refractivity contribution in [2.75, 3.05) is 13.1 Å². The van der Waals surface area contributed by atoms with Crippen molar-refractivity contribution >= 4 is 5.52 Å². The molecule has 1 atom stereocenters. The van der Waals surface area contributed by atoms with Crippen molar-refractivity contribution in [1.29, 1.82) is 0 Å². The van der Waals surface area contributed by atoms with E-state index in [9.17, 15) is 22.4 Å². The minimum absolute atomic E-state index is 0.0287. The summed E-state index contributed by atoms with van der Waals surface area (Å²) in [5.74, 6) is 1.17. The second-order valence-electron chi connectivity index (χ2n) is 10.9. The van der Waals surface area contributed by atoms with Gasteiger partial charge >= 0.3 is 11.9 Å². The van der Waals surface area contributed by atoms with Gasteiger partial charge in [0.1, 0.15) is 17.8 Å². The van der Waals surface area contributed by atoms with Gasteiger partial charge in [-0.25, -0.2) is 9.18 Å². The molecule has 3 aromatic heterocycles. The van der Waals surface area contributed by atoms with E-state index in [4.69, 9.17) is 0 Å². The first-order valence-electron chi connectivity index (χ1n) is 12.7. The van der Waals surface area contributed by atoms with Gasteiger partial charge in [-0.3, -0.25) is 13.9 Å². The molecule has 0 N–H and O–H groups in total. The van der Waals surface area contributed by atoms with Crippen LogP contribution in [-0.2, 0) is 19.8 Å². The van der Waals surface area contributed by atoms with Gasteiger partial charge in [0.2, 0.25) is 0 Å². The summed E-state index contributed by atoms with van der Waals surface area (Å²) < 4.78 is 60.4. The highest BCUT2D eigenvalue weighted by Crippen LogP contribution is 2.43. The fourth-order valence-electron chi connectivity index (χ4n) is 5.85. The van der Waals surface area contributed by atoms with E-state index in [0.29, 0.717) is 17.2 Å². The number of hydrogen-bond donors (Lipinski definition) is 0. The molecule has 1 saturated heterocycles. The number of likely N-dealkylation sites (tertiary alicyclic amines) is 1. The Hall–Kier alpha value is -3.47. The van der Waals surface area contributed by atoms with Crippen LogP contribution in [0.1, 0.15) is 54.6 Å². The highest BCUT2D eigenvalue weighted by atomic mass is 19.4. The number of halogens is 4. The molecule has 4 heterocycles. The molecule has 0 unspecified atom stereocenters. The molecule has 200 valence electrons. The van der Waals surface area contributed by atoms with E-state index in [1.165, 1.54) is 23.9 Å². The van der Waals surface area contributed by atoms with Gasteiger partial charge in [0.05, 0.1) is 16.8 Å². The molecule has 1 aliphatic heterocycles. The quantitative estimate of drug-likeness (QED) is 0.340. The number of imidazole rings is 1. The predicted molar refractivity (Wildman–Crippen MR) is 133 cm³/mol. The van der Waals surface area contributed by atoms with Gasteiger partial charge in [0.25, 0.3) is 0 Å². The van der Waals surface area contributed by atoms with Crippen LogP contribution in [0.5, 0.6) is 0 Å². The summed E-state index contributed by atoms with van der Waals surface area (Å²) in [5.41, 5.74) is -1.33. The smallest absolute Gasteiger partial charge is 0.320 e. The molecule has 2 aliphatic rings. The third-order valence-electron chi connectivity index (χ3n) is 7.80. The Balaban J connectivity index is 1.43. The summed E-state index contributed by atoms with van der Waals surface area (Å²) in [6.07, 6.45) is 2.90. The van der Waals surface area contributed by atoms with Gasteiger partial charge in [-0.15, -0.1) is 10.2 Å². The van der Waals surface area contributed by atoms with Crippen LogP contribution in [0.25, 0.3) is 11.2 Å². The molecule has 0 bridgehead atoms. The lowest BCUT2D eigenvalue weighted by Gasteiger charge is -2.42. The van der Waals surface area contributed by atoms with Gasteiger partial charge in [0, 0.05) is 45.0 Å². The van der Waals surface area contributed by atoms with Crippen LogP contribution in [0, 0.1) is 5.92 Å². The lowest BCUT2D eigenvalue weighted by Crippen LogP contribution is -2.56. The fourth-order valence-corrected chi connectivity index (χ4v) is 5.85. The highest BCUT2D eigenvalue weighted by molar-refractivity contribution is 5.58. The Kier molecular flexibility index (Phi) is 5.75. The second-order valence-corrected chi connectivity index (χ2v) is 10.9. The molecular weight excluding hydrogens is 500 g/mol. The maximum Gasteiger partial charge on any atom is 0.418 e. The van der Waals surface area contributed by atoms with Gasteiger partial charge in [-0.2, -0.15) is 13.2 Å². The maximum absolute atomic E-state index is 14.1. The first kappa shape index (κ1) is 24.8. The number of benzene rings is 1. The van der Waals surface area contributed by atoms with Crippen molar-refractivity contribution in [3.05, 3.63) is 82.1 Å². The van der Waals surface area contributed by atoms with E-state index in [1.807, 2.05) is 29.8 Å². The SMILES string of the molecule is Cn1cnnc1[C@@H](c1cccc(-n2cc3c(C(F)(F)F)cc(CN4CC(C)(F)C4)cn3c2=O)c1)C1CCC1. The molecule has 0 radical (unpaired) electrons. The van der Waals surface area contributed by atoms with Crippen molar-refractivity contribution in [3.8, 4) is 5.69 Å². The average Bonchev–Trinajstić information content (AvgIpc) is 3.37. The summed E-state index contributed by atoms with van der Waals surface area (Å²) >= 11 is 0. The second kappa shape index (κ2) is 8.79. The Morgan fingerprint density at radius 1 is 1.16 bits per heavy atom. The predicted octanol–water partition coefficient (Wildman–Crippen LogP) is 4.71. The number of alkyl halides is 4.